The standard InChI is InChI=1S/C28H29FN4S/c1-19-7-12-23-24(17-19)34-28-26(23)27(30-25(31-28)18-20-5-3-2-4-6-20)33-15-13-32(14-16-33)22-10-8-21(29)9-11-22/h2-6,8-11,19H,7,12-18H2,1H3/t19-/m1/s1. The van der Waals surface area contributed by atoms with Gasteiger partial charge in [-0.15, -0.1) is 11.3 Å². The van der Waals surface area contributed by atoms with Crippen LogP contribution in [-0.2, 0) is 19.3 Å². The number of thiophene rings is 1. The van der Waals surface area contributed by atoms with Gasteiger partial charge in [-0.25, -0.2) is 14.4 Å². The molecule has 1 fully saturated rings. The van der Waals surface area contributed by atoms with Crippen LogP contribution in [0.1, 0.15) is 35.2 Å². The molecule has 0 spiro atoms. The highest BCUT2D eigenvalue weighted by Crippen LogP contribution is 2.41. The third kappa shape index (κ3) is 4.16. The van der Waals surface area contributed by atoms with Crippen molar-refractivity contribution in [3.8, 4) is 0 Å². The molecular weight excluding hydrogens is 443 g/mol. The van der Waals surface area contributed by atoms with Crippen LogP contribution in [0, 0.1) is 11.7 Å². The summed E-state index contributed by atoms with van der Waals surface area (Å²) in [5.74, 6) is 2.57. The molecule has 0 saturated carbocycles. The number of fused-ring (bicyclic) bond motifs is 3. The molecule has 3 heterocycles. The van der Waals surface area contributed by atoms with Crippen molar-refractivity contribution < 1.29 is 4.39 Å². The van der Waals surface area contributed by atoms with Gasteiger partial charge < -0.3 is 9.80 Å². The maximum atomic E-state index is 13.4. The Bertz CT molecular complexity index is 1290. The Morgan fingerprint density at radius 3 is 2.44 bits per heavy atom. The summed E-state index contributed by atoms with van der Waals surface area (Å²) in [7, 11) is 0. The fourth-order valence-electron chi connectivity index (χ4n) is 5.28. The lowest BCUT2D eigenvalue weighted by molar-refractivity contribution is 0.509. The van der Waals surface area contributed by atoms with E-state index in [1.54, 1.807) is 12.1 Å². The van der Waals surface area contributed by atoms with E-state index in [0.29, 0.717) is 0 Å². The molecule has 174 valence electrons. The smallest absolute Gasteiger partial charge is 0.141 e. The van der Waals surface area contributed by atoms with Crippen molar-refractivity contribution >= 4 is 33.1 Å². The third-order valence-corrected chi connectivity index (χ3v) is 8.31. The quantitative estimate of drug-likeness (QED) is 0.372. The van der Waals surface area contributed by atoms with E-state index in [4.69, 9.17) is 9.97 Å². The highest BCUT2D eigenvalue weighted by Gasteiger charge is 2.27. The minimum Gasteiger partial charge on any atom is -0.368 e. The van der Waals surface area contributed by atoms with Gasteiger partial charge in [-0.05, 0) is 60.6 Å². The number of hydrogen-bond donors (Lipinski definition) is 0. The first kappa shape index (κ1) is 21.5. The number of rotatable bonds is 4. The first-order chi connectivity index (χ1) is 16.6. The number of benzene rings is 2. The molecule has 1 aliphatic carbocycles. The van der Waals surface area contributed by atoms with Crippen LogP contribution in [0.5, 0.6) is 0 Å². The molecule has 2 aromatic heterocycles. The number of aryl methyl sites for hydroxylation is 1. The molecule has 0 bridgehead atoms. The van der Waals surface area contributed by atoms with Crippen LogP contribution in [0.25, 0.3) is 10.2 Å². The van der Waals surface area contributed by atoms with Crippen molar-refractivity contribution in [1.82, 2.24) is 9.97 Å². The molecule has 1 saturated heterocycles. The topological polar surface area (TPSA) is 32.3 Å². The molecule has 1 atom stereocenters. The van der Waals surface area contributed by atoms with Crippen LogP contribution in [0.4, 0.5) is 15.9 Å². The number of halogens is 1. The van der Waals surface area contributed by atoms with Gasteiger partial charge in [0, 0.05) is 43.2 Å². The van der Waals surface area contributed by atoms with Gasteiger partial charge in [0.05, 0.1) is 5.39 Å². The zero-order valence-corrected chi connectivity index (χ0v) is 20.3. The largest absolute Gasteiger partial charge is 0.368 e. The van der Waals surface area contributed by atoms with Gasteiger partial charge in [0.2, 0.25) is 0 Å². The predicted molar refractivity (Wildman–Crippen MR) is 139 cm³/mol. The number of hydrogen-bond acceptors (Lipinski definition) is 5. The molecular formula is C28H29FN4S. The first-order valence-electron chi connectivity index (χ1n) is 12.2. The van der Waals surface area contributed by atoms with Gasteiger partial charge in [0.1, 0.15) is 22.3 Å². The summed E-state index contributed by atoms with van der Waals surface area (Å²) in [5, 5.41) is 1.29. The molecule has 0 amide bonds. The monoisotopic (exact) mass is 472 g/mol. The molecule has 0 unspecified atom stereocenters. The van der Waals surface area contributed by atoms with E-state index in [9.17, 15) is 4.39 Å². The van der Waals surface area contributed by atoms with Crippen molar-refractivity contribution in [3.63, 3.8) is 0 Å². The molecule has 2 aromatic carbocycles. The van der Waals surface area contributed by atoms with Gasteiger partial charge in [-0.1, -0.05) is 37.3 Å². The molecule has 6 heteroatoms. The Morgan fingerprint density at radius 2 is 1.68 bits per heavy atom. The Morgan fingerprint density at radius 1 is 0.941 bits per heavy atom. The third-order valence-electron chi connectivity index (χ3n) is 7.16. The van der Waals surface area contributed by atoms with Crippen molar-refractivity contribution in [2.75, 3.05) is 36.0 Å². The SMILES string of the molecule is C[C@@H]1CCc2c(sc3nc(Cc4ccccc4)nc(N4CCN(c5ccc(F)cc5)CC4)c23)C1. The van der Waals surface area contributed by atoms with Crippen LogP contribution < -0.4 is 9.80 Å². The van der Waals surface area contributed by atoms with E-state index in [1.807, 2.05) is 29.5 Å². The van der Waals surface area contributed by atoms with E-state index in [0.717, 1.165) is 73.5 Å². The lowest BCUT2D eigenvalue weighted by Gasteiger charge is -2.37. The Kier molecular flexibility index (Phi) is 5.69. The molecule has 4 nitrogen and oxygen atoms in total. The van der Waals surface area contributed by atoms with Crippen LogP contribution >= 0.6 is 11.3 Å². The zero-order chi connectivity index (χ0) is 23.1. The van der Waals surface area contributed by atoms with Gasteiger partial charge in [-0.3, -0.25) is 0 Å². The fraction of sp³-hybridized carbons (Fsp3) is 0.357. The predicted octanol–water partition coefficient (Wildman–Crippen LogP) is 5.87. The van der Waals surface area contributed by atoms with Crippen molar-refractivity contribution in [2.24, 2.45) is 5.92 Å². The van der Waals surface area contributed by atoms with Crippen LogP contribution in [0.3, 0.4) is 0 Å². The van der Waals surface area contributed by atoms with E-state index >= 15 is 0 Å². The molecule has 4 aromatic rings. The summed E-state index contributed by atoms with van der Waals surface area (Å²) in [6, 6.07) is 17.3. The molecule has 1 aliphatic heterocycles. The summed E-state index contributed by atoms with van der Waals surface area (Å²) in [6.07, 6.45) is 4.27. The van der Waals surface area contributed by atoms with Crippen molar-refractivity contribution in [3.05, 3.63) is 82.2 Å². The highest BCUT2D eigenvalue weighted by atomic mass is 32.1. The summed E-state index contributed by atoms with van der Waals surface area (Å²) in [4.78, 5) is 17.7. The van der Waals surface area contributed by atoms with Crippen LogP contribution in [0.2, 0.25) is 0 Å². The van der Waals surface area contributed by atoms with Gasteiger partial charge >= 0.3 is 0 Å². The van der Waals surface area contributed by atoms with Gasteiger partial charge in [0.15, 0.2) is 0 Å². The van der Waals surface area contributed by atoms with Crippen molar-refractivity contribution in [1.29, 1.82) is 0 Å². The maximum absolute atomic E-state index is 13.4. The van der Waals surface area contributed by atoms with Crippen LogP contribution in [-0.4, -0.2) is 36.1 Å². The molecule has 0 N–H and O–H groups in total. The Balaban J connectivity index is 1.34. The summed E-state index contributed by atoms with van der Waals surface area (Å²) in [6.45, 7) is 5.95. The second-order valence-electron chi connectivity index (χ2n) is 9.61. The second-order valence-corrected chi connectivity index (χ2v) is 10.7. The number of nitrogens with zero attached hydrogens (tertiary/aromatic N) is 4. The average molecular weight is 473 g/mol. The molecule has 6 rings (SSSR count). The second kappa shape index (κ2) is 8.99. The van der Waals surface area contributed by atoms with Gasteiger partial charge in [-0.2, -0.15) is 0 Å². The summed E-state index contributed by atoms with van der Waals surface area (Å²) < 4.78 is 13.4. The van der Waals surface area contributed by atoms with Gasteiger partial charge in [0.25, 0.3) is 0 Å². The van der Waals surface area contributed by atoms with E-state index < -0.39 is 0 Å². The number of aromatic nitrogens is 2. The number of anilines is 2. The molecule has 2 aliphatic rings. The fourth-order valence-corrected chi connectivity index (χ4v) is 6.68. The summed E-state index contributed by atoms with van der Waals surface area (Å²) in [5.41, 5.74) is 3.81. The Hall–Kier alpha value is -2.99. The lowest BCUT2D eigenvalue weighted by atomic mass is 9.89. The van der Waals surface area contributed by atoms with E-state index in [-0.39, 0.29) is 5.82 Å². The minimum atomic E-state index is -0.187. The average Bonchev–Trinajstić information content (AvgIpc) is 3.22. The summed E-state index contributed by atoms with van der Waals surface area (Å²) >= 11 is 1.88. The highest BCUT2D eigenvalue weighted by molar-refractivity contribution is 7.19. The first-order valence-corrected chi connectivity index (χ1v) is 13.1. The Labute approximate surface area is 204 Å². The zero-order valence-electron chi connectivity index (χ0n) is 19.5. The molecule has 34 heavy (non-hydrogen) atoms. The van der Waals surface area contributed by atoms with Crippen LogP contribution in [0.15, 0.2) is 54.6 Å². The molecule has 0 radical (unpaired) electrons. The maximum Gasteiger partial charge on any atom is 0.141 e. The van der Waals surface area contributed by atoms with E-state index in [2.05, 4.69) is 41.0 Å². The minimum absolute atomic E-state index is 0.187. The lowest BCUT2D eigenvalue weighted by Crippen LogP contribution is -2.47. The van der Waals surface area contributed by atoms with E-state index in [1.165, 1.54) is 27.8 Å². The van der Waals surface area contributed by atoms with Crippen molar-refractivity contribution in [2.45, 2.75) is 32.6 Å². The normalized spacial score (nSPS) is 18.4. The number of piperazine rings is 1.